The highest BCUT2D eigenvalue weighted by Crippen LogP contribution is 2.34. The van der Waals surface area contributed by atoms with Gasteiger partial charge >= 0.3 is 0 Å². The van der Waals surface area contributed by atoms with Crippen LogP contribution in [0.25, 0.3) is 0 Å². The SMILES string of the molecule is C/C=C/CCNC1(CN)CCCC1S(C)(=O)=O. The molecule has 1 saturated carbocycles. The lowest BCUT2D eigenvalue weighted by Crippen LogP contribution is -2.58. The second-order valence-corrected chi connectivity index (χ2v) is 7.08. The van der Waals surface area contributed by atoms with Crippen LogP contribution >= 0.6 is 0 Å². The average Bonchev–Trinajstić information content (AvgIpc) is 2.69. The van der Waals surface area contributed by atoms with Crippen molar-refractivity contribution in [2.75, 3.05) is 19.3 Å². The van der Waals surface area contributed by atoms with Gasteiger partial charge in [-0.05, 0) is 32.7 Å². The molecule has 0 aromatic heterocycles. The first kappa shape index (κ1) is 14.7. The van der Waals surface area contributed by atoms with E-state index in [0.717, 1.165) is 32.2 Å². The van der Waals surface area contributed by atoms with Gasteiger partial charge in [-0.15, -0.1) is 0 Å². The minimum absolute atomic E-state index is 0.328. The molecule has 3 N–H and O–H groups in total. The summed E-state index contributed by atoms with van der Waals surface area (Å²) in [5.74, 6) is 0. The fourth-order valence-corrected chi connectivity index (χ4v) is 4.45. The van der Waals surface area contributed by atoms with E-state index in [2.05, 4.69) is 11.4 Å². The topological polar surface area (TPSA) is 72.2 Å². The van der Waals surface area contributed by atoms with Crippen molar-refractivity contribution in [3.8, 4) is 0 Å². The highest BCUT2D eigenvalue weighted by Gasteiger charge is 2.46. The lowest BCUT2D eigenvalue weighted by molar-refractivity contribution is 0.344. The summed E-state index contributed by atoms with van der Waals surface area (Å²) in [7, 11) is -3.03. The second-order valence-electron chi connectivity index (χ2n) is 4.86. The Hall–Kier alpha value is -0.390. The molecule has 0 radical (unpaired) electrons. The van der Waals surface area contributed by atoms with Gasteiger partial charge in [-0.3, -0.25) is 0 Å². The van der Waals surface area contributed by atoms with E-state index in [0.29, 0.717) is 6.54 Å². The van der Waals surface area contributed by atoms with Gasteiger partial charge in [0.25, 0.3) is 0 Å². The van der Waals surface area contributed by atoms with E-state index in [1.165, 1.54) is 6.26 Å². The molecule has 1 aliphatic rings. The zero-order chi connectivity index (χ0) is 12.9. The van der Waals surface area contributed by atoms with Gasteiger partial charge in [0.05, 0.1) is 5.25 Å². The van der Waals surface area contributed by atoms with Crippen molar-refractivity contribution in [2.24, 2.45) is 5.73 Å². The van der Waals surface area contributed by atoms with Crippen LogP contribution in [0.15, 0.2) is 12.2 Å². The zero-order valence-corrected chi connectivity index (χ0v) is 11.6. The first-order valence-electron chi connectivity index (χ1n) is 6.21. The van der Waals surface area contributed by atoms with Crippen molar-refractivity contribution in [3.63, 3.8) is 0 Å². The van der Waals surface area contributed by atoms with Gasteiger partial charge in [0.1, 0.15) is 0 Å². The van der Waals surface area contributed by atoms with Crippen molar-refractivity contribution in [1.29, 1.82) is 0 Å². The lowest BCUT2D eigenvalue weighted by Gasteiger charge is -2.34. The number of nitrogens with one attached hydrogen (secondary N) is 1. The molecule has 1 fully saturated rings. The Bertz CT molecular complexity index is 365. The molecule has 5 heteroatoms. The number of nitrogens with two attached hydrogens (primary N) is 1. The van der Waals surface area contributed by atoms with Crippen LogP contribution in [0, 0.1) is 0 Å². The van der Waals surface area contributed by atoms with Crippen LogP contribution in [-0.2, 0) is 9.84 Å². The third-order valence-electron chi connectivity index (χ3n) is 3.61. The van der Waals surface area contributed by atoms with Crippen molar-refractivity contribution >= 4 is 9.84 Å². The first-order valence-corrected chi connectivity index (χ1v) is 8.17. The summed E-state index contributed by atoms with van der Waals surface area (Å²) < 4.78 is 23.6. The molecule has 0 saturated heterocycles. The van der Waals surface area contributed by atoms with Crippen molar-refractivity contribution in [2.45, 2.75) is 43.4 Å². The maximum absolute atomic E-state index is 11.8. The van der Waals surface area contributed by atoms with E-state index in [4.69, 9.17) is 5.73 Å². The maximum atomic E-state index is 11.8. The quantitative estimate of drug-likeness (QED) is 0.548. The molecular formula is C12H24N2O2S. The van der Waals surface area contributed by atoms with E-state index < -0.39 is 15.4 Å². The number of hydrogen-bond donors (Lipinski definition) is 2. The maximum Gasteiger partial charge on any atom is 0.152 e. The van der Waals surface area contributed by atoms with Gasteiger partial charge < -0.3 is 11.1 Å². The van der Waals surface area contributed by atoms with Gasteiger partial charge in [0.2, 0.25) is 0 Å². The summed E-state index contributed by atoms with van der Waals surface area (Å²) in [5.41, 5.74) is 5.42. The Morgan fingerprint density at radius 3 is 2.76 bits per heavy atom. The highest BCUT2D eigenvalue weighted by molar-refractivity contribution is 7.91. The van der Waals surface area contributed by atoms with Crippen molar-refractivity contribution < 1.29 is 8.42 Å². The molecule has 0 aliphatic heterocycles. The molecule has 2 atom stereocenters. The summed E-state index contributed by atoms with van der Waals surface area (Å²) in [4.78, 5) is 0. The lowest BCUT2D eigenvalue weighted by atomic mass is 9.97. The summed E-state index contributed by atoms with van der Waals surface area (Å²) in [5, 5.41) is 3.05. The van der Waals surface area contributed by atoms with E-state index in [-0.39, 0.29) is 5.25 Å². The minimum atomic E-state index is -3.03. The fraction of sp³-hybridized carbons (Fsp3) is 0.833. The fourth-order valence-electron chi connectivity index (χ4n) is 2.74. The molecule has 17 heavy (non-hydrogen) atoms. The van der Waals surface area contributed by atoms with Gasteiger partial charge in [0.15, 0.2) is 9.84 Å². The molecule has 0 bridgehead atoms. The largest absolute Gasteiger partial charge is 0.329 e. The monoisotopic (exact) mass is 260 g/mol. The molecule has 0 aromatic rings. The first-order chi connectivity index (χ1) is 7.96. The molecule has 1 aliphatic carbocycles. The Kier molecular flexibility index (Phi) is 5.16. The number of hydrogen-bond acceptors (Lipinski definition) is 4. The molecule has 0 heterocycles. The Balaban J connectivity index is 2.72. The summed E-state index contributed by atoms with van der Waals surface area (Å²) >= 11 is 0. The van der Waals surface area contributed by atoms with Crippen molar-refractivity contribution in [3.05, 3.63) is 12.2 Å². The van der Waals surface area contributed by atoms with Crippen LogP contribution in [0.4, 0.5) is 0 Å². The average molecular weight is 260 g/mol. The predicted molar refractivity (Wildman–Crippen MR) is 71.7 cm³/mol. The van der Waals surface area contributed by atoms with Crippen LogP contribution in [0.1, 0.15) is 32.6 Å². The van der Waals surface area contributed by atoms with Crippen LogP contribution in [0.2, 0.25) is 0 Å². The second kappa shape index (κ2) is 5.98. The van der Waals surface area contributed by atoms with Crippen LogP contribution in [-0.4, -0.2) is 38.6 Å². The molecule has 0 spiro atoms. The van der Waals surface area contributed by atoms with E-state index in [1.54, 1.807) is 0 Å². The van der Waals surface area contributed by atoms with Gasteiger partial charge in [-0.2, -0.15) is 0 Å². The Labute approximate surface area is 105 Å². The molecular weight excluding hydrogens is 236 g/mol. The number of sulfone groups is 1. The smallest absolute Gasteiger partial charge is 0.152 e. The van der Waals surface area contributed by atoms with E-state index in [9.17, 15) is 8.42 Å². The van der Waals surface area contributed by atoms with Crippen LogP contribution in [0.3, 0.4) is 0 Å². The van der Waals surface area contributed by atoms with Crippen LogP contribution in [0.5, 0.6) is 0 Å². The summed E-state index contributed by atoms with van der Waals surface area (Å²) in [6, 6.07) is 0. The van der Waals surface area contributed by atoms with Crippen LogP contribution < -0.4 is 11.1 Å². The van der Waals surface area contributed by atoms with Gasteiger partial charge in [0, 0.05) is 18.3 Å². The predicted octanol–water partition coefficient (Wildman–Crippen LogP) is 0.837. The minimum Gasteiger partial charge on any atom is -0.329 e. The number of allylic oxidation sites excluding steroid dienone is 1. The molecule has 100 valence electrons. The molecule has 0 aromatic carbocycles. The van der Waals surface area contributed by atoms with E-state index in [1.807, 2.05) is 13.0 Å². The van der Waals surface area contributed by atoms with Gasteiger partial charge in [-0.25, -0.2) is 8.42 Å². The zero-order valence-electron chi connectivity index (χ0n) is 10.8. The normalized spacial score (nSPS) is 30.2. The van der Waals surface area contributed by atoms with Crippen molar-refractivity contribution in [1.82, 2.24) is 5.32 Å². The summed E-state index contributed by atoms with van der Waals surface area (Å²) in [6.07, 6.45) is 8.83. The number of rotatable bonds is 6. The molecule has 2 unspecified atom stereocenters. The third-order valence-corrected chi connectivity index (χ3v) is 5.33. The Morgan fingerprint density at radius 2 is 2.24 bits per heavy atom. The standard InChI is InChI=1S/C12H24N2O2S/c1-3-4-5-9-14-12(10-13)8-6-7-11(12)17(2,15)16/h3-4,11,14H,5-10,13H2,1-2H3/b4-3+. The van der Waals surface area contributed by atoms with E-state index >= 15 is 0 Å². The molecule has 0 amide bonds. The molecule has 4 nitrogen and oxygen atoms in total. The Morgan fingerprint density at radius 1 is 1.53 bits per heavy atom. The third kappa shape index (κ3) is 3.53. The molecule has 1 rings (SSSR count). The highest BCUT2D eigenvalue weighted by atomic mass is 32.2. The summed E-state index contributed by atoms with van der Waals surface area (Å²) in [6.45, 7) is 3.15. The van der Waals surface area contributed by atoms with Gasteiger partial charge in [-0.1, -0.05) is 18.6 Å².